The van der Waals surface area contributed by atoms with Crippen molar-refractivity contribution < 1.29 is 14.7 Å². The molecule has 1 aliphatic rings. The molecular formula is C25H26N4O3. The van der Waals surface area contributed by atoms with E-state index in [4.69, 9.17) is 0 Å². The summed E-state index contributed by atoms with van der Waals surface area (Å²) in [5.74, 6) is -0.655. The van der Waals surface area contributed by atoms with E-state index in [0.717, 1.165) is 13.1 Å². The first-order chi connectivity index (χ1) is 15.6. The second-order valence-corrected chi connectivity index (χ2v) is 7.74. The van der Waals surface area contributed by atoms with Gasteiger partial charge in [0.2, 0.25) is 5.69 Å². The van der Waals surface area contributed by atoms with Gasteiger partial charge >= 0.3 is 0 Å². The highest BCUT2D eigenvalue weighted by atomic mass is 16.5. The Morgan fingerprint density at radius 2 is 1.47 bits per heavy atom. The molecule has 0 unspecified atom stereocenters. The first-order valence-corrected chi connectivity index (χ1v) is 10.5. The van der Waals surface area contributed by atoms with Gasteiger partial charge < -0.3 is 10.1 Å². The first kappa shape index (κ1) is 21.5. The average Bonchev–Trinajstić information content (AvgIpc) is 2.85. The van der Waals surface area contributed by atoms with Crippen molar-refractivity contribution >= 4 is 24.0 Å². The Balaban J connectivity index is 1.63. The van der Waals surface area contributed by atoms with Crippen LogP contribution in [0, 0.1) is 5.21 Å². The normalized spacial score (nSPS) is 14.4. The van der Waals surface area contributed by atoms with Gasteiger partial charge in [0.15, 0.2) is 0 Å². The fourth-order valence-electron chi connectivity index (χ4n) is 4.40. The Kier molecular flexibility index (Phi) is 6.49. The molecule has 0 radical (unpaired) electrons. The highest BCUT2D eigenvalue weighted by molar-refractivity contribution is 6.01. The van der Waals surface area contributed by atoms with Crippen LogP contribution in [0.4, 0.5) is 11.4 Å². The molecule has 7 nitrogen and oxygen atoms in total. The number of nitrogens with one attached hydrogen (secondary N) is 1. The number of hydroxylamine groups is 1. The maximum Gasteiger partial charge on any atom is 0.277 e. The number of hydrogen-bond donors (Lipinski definition) is 2. The zero-order chi connectivity index (χ0) is 22.5. The molecule has 0 aliphatic carbocycles. The lowest BCUT2D eigenvalue weighted by molar-refractivity contribution is -0.349. The van der Waals surface area contributed by atoms with E-state index in [9.17, 15) is 15.2 Å². The Hall–Kier alpha value is -3.68. The van der Waals surface area contributed by atoms with Gasteiger partial charge in [-0.1, -0.05) is 66.7 Å². The number of anilines is 1. The molecular weight excluding hydrogens is 404 g/mol. The van der Waals surface area contributed by atoms with Crippen molar-refractivity contribution in [2.75, 3.05) is 31.1 Å². The molecule has 3 aromatic carbocycles. The van der Waals surface area contributed by atoms with Gasteiger partial charge in [0.25, 0.3) is 5.91 Å². The third kappa shape index (κ3) is 4.34. The number of benzene rings is 3. The number of piperazine rings is 1. The fraction of sp³-hybridized carbons (Fsp3) is 0.200. The smallest absolute Gasteiger partial charge is 0.277 e. The minimum absolute atomic E-state index is 0.110. The van der Waals surface area contributed by atoms with Crippen molar-refractivity contribution in [3.8, 4) is 0 Å². The third-order valence-corrected chi connectivity index (χ3v) is 5.86. The van der Waals surface area contributed by atoms with Gasteiger partial charge in [0.05, 0.1) is 11.6 Å². The zero-order valence-corrected chi connectivity index (χ0v) is 17.7. The topological polar surface area (TPSA) is 81.9 Å². The van der Waals surface area contributed by atoms with Gasteiger partial charge in [-0.3, -0.25) is 14.9 Å². The largest absolute Gasteiger partial charge is 0.619 e. The van der Waals surface area contributed by atoms with E-state index in [2.05, 4.69) is 60.1 Å². The standard InChI is InChI=1S/C25H26N4O3/c1-27(32)22-14-8-13-21(25(30)26-31)24(22)29-17-15-28(16-18-29)23(19-9-4-2-5-10-19)20-11-6-3-7-12-20/h2-14,23,31H,1,15-18H2,(H,26,30). The van der Waals surface area contributed by atoms with Gasteiger partial charge in [-0.25, -0.2) is 5.48 Å². The maximum absolute atomic E-state index is 12.3. The summed E-state index contributed by atoms with van der Waals surface area (Å²) in [6.45, 7) is 6.17. The van der Waals surface area contributed by atoms with Crippen molar-refractivity contribution in [2.45, 2.75) is 6.04 Å². The predicted molar refractivity (Wildman–Crippen MR) is 125 cm³/mol. The lowest BCUT2D eigenvalue weighted by atomic mass is 9.96. The maximum atomic E-state index is 12.3. The predicted octanol–water partition coefficient (Wildman–Crippen LogP) is 3.56. The zero-order valence-electron chi connectivity index (χ0n) is 17.7. The van der Waals surface area contributed by atoms with Crippen molar-refractivity contribution in [1.82, 2.24) is 10.4 Å². The Labute approximate surface area is 187 Å². The molecule has 0 spiro atoms. The second kappa shape index (κ2) is 9.64. The van der Waals surface area contributed by atoms with Crippen LogP contribution >= 0.6 is 0 Å². The summed E-state index contributed by atoms with van der Waals surface area (Å²) >= 11 is 0. The minimum atomic E-state index is -0.655. The van der Waals surface area contributed by atoms with Crippen LogP contribution in [0.1, 0.15) is 27.5 Å². The van der Waals surface area contributed by atoms with Crippen LogP contribution in [0.5, 0.6) is 0 Å². The lowest BCUT2D eigenvalue weighted by Crippen LogP contribution is -2.48. The van der Waals surface area contributed by atoms with E-state index in [1.54, 1.807) is 23.7 Å². The Bertz CT molecular complexity index is 1040. The molecule has 1 fully saturated rings. The molecule has 32 heavy (non-hydrogen) atoms. The van der Waals surface area contributed by atoms with E-state index in [0.29, 0.717) is 29.2 Å². The highest BCUT2D eigenvalue weighted by Crippen LogP contribution is 2.35. The molecule has 0 atom stereocenters. The summed E-state index contributed by atoms with van der Waals surface area (Å²) < 4.78 is 0.507. The van der Waals surface area contributed by atoms with Gasteiger partial charge in [-0.2, -0.15) is 4.74 Å². The van der Waals surface area contributed by atoms with E-state index in [-0.39, 0.29) is 11.6 Å². The third-order valence-electron chi connectivity index (χ3n) is 5.86. The van der Waals surface area contributed by atoms with E-state index >= 15 is 0 Å². The van der Waals surface area contributed by atoms with Crippen molar-refractivity contribution in [3.05, 3.63) is 101 Å². The number of para-hydroxylation sites is 1. The molecule has 1 aliphatic heterocycles. The van der Waals surface area contributed by atoms with E-state index < -0.39 is 5.91 Å². The number of rotatable bonds is 6. The van der Waals surface area contributed by atoms with Crippen LogP contribution in [0.3, 0.4) is 0 Å². The van der Waals surface area contributed by atoms with Crippen molar-refractivity contribution in [3.63, 3.8) is 0 Å². The van der Waals surface area contributed by atoms with Crippen LogP contribution in [-0.4, -0.2) is 53.6 Å². The van der Waals surface area contributed by atoms with Crippen LogP contribution in [-0.2, 0) is 0 Å². The second-order valence-electron chi connectivity index (χ2n) is 7.74. The number of amides is 1. The molecule has 3 aromatic rings. The molecule has 1 amide bonds. The SMILES string of the molecule is C=[N+]([O-])c1cccc(C(=O)NO)c1N1CCN(C(c2ccccc2)c2ccccc2)CC1. The number of nitrogens with zero attached hydrogens (tertiary/aromatic N) is 3. The molecule has 1 saturated heterocycles. The Morgan fingerprint density at radius 1 is 0.906 bits per heavy atom. The van der Waals surface area contributed by atoms with Crippen LogP contribution in [0.15, 0.2) is 78.9 Å². The van der Waals surface area contributed by atoms with Gasteiger partial charge in [-0.05, 0) is 17.2 Å². The number of carbonyl (C=O) groups excluding carboxylic acids is 1. The van der Waals surface area contributed by atoms with Gasteiger partial charge in [0.1, 0.15) is 12.4 Å². The summed E-state index contributed by atoms with van der Waals surface area (Å²) in [5.41, 5.74) is 5.14. The lowest BCUT2D eigenvalue weighted by Gasteiger charge is -2.41. The van der Waals surface area contributed by atoms with Crippen LogP contribution in [0.25, 0.3) is 0 Å². The summed E-state index contributed by atoms with van der Waals surface area (Å²) in [5, 5.41) is 21.3. The van der Waals surface area contributed by atoms with Crippen molar-refractivity contribution in [1.29, 1.82) is 0 Å². The fourth-order valence-corrected chi connectivity index (χ4v) is 4.40. The van der Waals surface area contributed by atoms with E-state index in [1.165, 1.54) is 11.1 Å². The van der Waals surface area contributed by atoms with Gasteiger partial charge in [0, 0.05) is 32.2 Å². The summed E-state index contributed by atoms with van der Waals surface area (Å²) in [6, 6.07) is 25.7. The first-order valence-electron chi connectivity index (χ1n) is 10.5. The van der Waals surface area contributed by atoms with Crippen LogP contribution < -0.4 is 10.4 Å². The summed E-state index contributed by atoms with van der Waals surface area (Å²) in [4.78, 5) is 16.7. The highest BCUT2D eigenvalue weighted by Gasteiger charge is 2.30. The van der Waals surface area contributed by atoms with Crippen molar-refractivity contribution in [2.24, 2.45) is 0 Å². The van der Waals surface area contributed by atoms with Crippen LogP contribution in [0.2, 0.25) is 0 Å². The minimum Gasteiger partial charge on any atom is -0.619 e. The monoisotopic (exact) mass is 430 g/mol. The summed E-state index contributed by atoms with van der Waals surface area (Å²) in [7, 11) is 0. The average molecular weight is 431 g/mol. The Morgan fingerprint density at radius 3 is 1.97 bits per heavy atom. The molecule has 1 heterocycles. The van der Waals surface area contributed by atoms with E-state index in [1.807, 2.05) is 17.0 Å². The number of hydrogen-bond acceptors (Lipinski definition) is 5. The molecule has 0 aromatic heterocycles. The molecule has 164 valence electrons. The molecule has 0 bridgehead atoms. The molecule has 0 saturated carbocycles. The molecule has 4 rings (SSSR count). The van der Waals surface area contributed by atoms with Gasteiger partial charge in [-0.15, -0.1) is 0 Å². The quantitative estimate of drug-likeness (QED) is 0.205. The number of carbonyl (C=O) groups is 1. The molecule has 7 heteroatoms. The summed E-state index contributed by atoms with van der Waals surface area (Å²) in [6.07, 6.45) is 0. The molecule has 2 N–H and O–H groups in total.